The van der Waals surface area contributed by atoms with Crippen LogP contribution in [0.4, 0.5) is 5.69 Å². The zero-order valence-electron chi connectivity index (χ0n) is 9.48. The number of nitrogen functional groups attached to an aromatic ring is 1. The lowest BCUT2D eigenvalue weighted by atomic mass is 9.99. The van der Waals surface area contributed by atoms with Crippen molar-refractivity contribution >= 4 is 17.5 Å². The second-order valence-electron chi connectivity index (χ2n) is 4.24. The van der Waals surface area contributed by atoms with Gasteiger partial charge in [-0.3, -0.25) is 0 Å². The number of anilines is 1. The van der Waals surface area contributed by atoms with E-state index in [0.717, 1.165) is 12.2 Å². The van der Waals surface area contributed by atoms with Gasteiger partial charge >= 0.3 is 0 Å². The summed E-state index contributed by atoms with van der Waals surface area (Å²) >= 11 is 0. The summed E-state index contributed by atoms with van der Waals surface area (Å²) in [7, 11) is 0. The summed E-state index contributed by atoms with van der Waals surface area (Å²) in [6.45, 7) is 0.834. The third kappa shape index (κ3) is 1.89. The van der Waals surface area contributed by atoms with E-state index in [1.807, 2.05) is 18.2 Å². The Morgan fingerprint density at radius 3 is 2.65 bits per heavy atom. The van der Waals surface area contributed by atoms with E-state index >= 15 is 0 Å². The number of fused-ring (bicyclic) bond motifs is 1. The Morgan fingerprint density at radius 1 is 1.00 bits per heavy atom. The molecule has 0 bridgehead atoms. The van der Waals surface area contributed by atoms with Gasteiger partial charge in [0.1, 0.15) is 0 Å². The van der Waals surface area contributed by atoms with Gasteiger partial charge in [0.2, 0.25) is 0 Å². The second kappa shape index (κ2) is 3.98. The first kappa shape index (κ1) is 9.97. The third-order valence-corrected chi connectivity index (χ3v) is 3.02. The number of benzene rings is 2. The number of nitrogens with two attached hydrogens (primary N) is 1. The Bertz CT molecular complexity index is 571. The lowest BCUT2D eigenvalue weighted by Gasteiger charge is -2.19. The summed E-state index contributed by atoms with van der Waals surface area (Å²) in [5, 5.41) is 3.42. The van der Waals surface area contributed by atoms with Crippen LogP contribution in [0.3, 0.4) is 0 Å². The maximum absolute atomic E-state index is 5.78. The van der Waals surface area contributed by atoms with Gasteiger partial charge < -0.3 is 11.1 Å². The van der Waals surface area contributed by atoms with E-state index in [4.69, 9.17) is 5.73 Å². The van der Waals surface area contributed by atoms with E-state index in [-0.39, 0.29) is 0 Å². The van der Waals surface area contributed by atoms with Crippen molar-refractivity contribution < 1.29 is 0 Å². The summed E-state index contributed by atoms with van der Waals surface area (Å²) < 4.78 is 0. The molecule has 1 aliphatic heterocycles. The molecular weight excluding hydrogens is 208 g/mol. The van der Waals surface area contributed by atoms with Gasteiger partial charge in [0, 0.05) is 17.9 Å². The molecule has 2 aromatic rings. The number of hydrogen-bond donors (Lipinski definition) is 2. The van der Waals surface area contributed by atoms with Gasteiger partial charge in [-0.05, 0) is 34.9 Å². The van der Waals surface area contributed by atoms with Crippen LogP contribution >= 0.6 is 0 Å². The summed E-state index contributed by atoms with van der Waals surface area (Å²) in [5.41, 5.74) is 11.5. The molecule has 2 heteroatoms. The molecule has 1 heterocycles. The van der Waals surface area contributed by atoms with E-state index in [1.165, 1.54) is 22.4 Å². The first-order valence-corrected chi connectivity index (χ1v) is 5.72. The normalized spacial score (nSPS) is 13.5. The fraction of sp³-hybridized carbons (Fsp3) is 0.0667. The smallest absolute Gasteiger partial charge is 0.0422 e. The molecular formula is C15H14N2. The molecule has 0 unspecified atom stereocenters. The highest BCUT2D eigenvalue weighted by Gasteiger charge is 2.10. The molecule has 84 valence electrons. The predicted molar refractivity (Wildman–Crippen MR) is 72.0 cm³/mol. The minimum Gasteiger partial charge on any atom is -0.399 e. The van der Waals surface area contributed by atoms with Crippen LogP contribution in [0, 0.1) is 0 Å². The molecule has 17 heavy (non-hydrogen) atoms. The molecule has 0 saturated heterocycles. The molecule has 2 aromatic carbocycles. The molecule has 0 fully saturated rings. The highest BCUT2D eigenvalue weighted by atomic mass is 14.9. The minimum atomic E-state index is 0.821. The van der Waals surface area contributed by atoms with Gasteiger partial charge in [0.15, 0.2) is 0 Å². The Labute approximate surface area is 101 Å². The van der Waals surface area contributed by atoms with Gasteiger partial charge in [-0.15, -0.1) is 0 Å². The van der Waals surface area contributed by atoms with Crippen LogP contribution in [0.5, 0.6) is 0 Å². The molecule has 0 radical (unpaired) electrons. The Kier molecular flexibility index (Phi) is 2.33. The zero-order valence-corrected chi connectivity index (χ0v) is 9.48. The molecule has 1 aliphatic rings. The lowest BCUT2D eigenvalue weighted by Crippen LogP contribution is -2.16. The van der Waals surface area contributed by atoms with Crippen LogP contribution in [0.15, 0.2) is 48.5 Å². The Hall–Kier alpha value is -2.22. The molecule has 2 nitrogen and oxygen atoms in total. The van der Waals surface area contributed by atoms with Crippen molar-refractivity contribution in [2.24, 2.45) is 0 Å². The molecule has 3 rings (SSSR count). The highest BCUT2D eigenvalue weighted by Crippen LogP contribution is 2.24. The third-order valence-electron chi connectivity index (χ3n) is 3.02. The standard InChI is InChI=1S/C15H14N2/c16-14-7-6-12-9-15(17-10-13(12)8-14)11-4-2-1-3-5-11/h1-9,17H,10,16H2. The zero-order chi connectivity index (χ0) is 11.7. The molecule has 0 atom stereocenters. The Morgan fingerprint density at radius 2 is 1.82 bits per heavy atom. The van der Waals surface area contributed by atoms with Crippen LogP contribution < -0.4 is 11.1 Å². The monoisotopic (exact) mass is 222 g/mol. The maximum Gasteiger partial charge on any atom is 0.0422 e. The summed E-state index contributed by atoms with van der Waals surface area (Å²) in [4.78, 5) is 0. The summed E-state index contributed by atoms with van der Waals surface area (Å²) in [5.74, 6) is 0. The summed E-state index contributed by atoms with van der Waals surface area (Å²) in [6.07, 6.45) is 2.17. The quantitative estimate of drug-likeness (QED) is 0.728. The van der Waals surface area contributed by atoms with Gasteiger partial charge in [0.05, 0.1) is 0 Å². The molecule has 0 saturated carbocycles. The van der Waals surface area contributed by atoms with E-state index < -0.39 is 0 Å². The van der Waals surface area contributed by atoms with Crippen LogP contribution in [-0.4, -0.2) is 0 Å². The molecule has 0 amide bonds. The Balaban J connectivity index is 2.03. The average Bonchev–Trinajstić information content (AvgIpc) is 2.39. The molecule has 3 N–H and O–H groups in total. The number of rotatable bonds is 1. The van der Waals surface area contributed by atoms with Gasteiger partial charge in [-0.1, -0.05) is 36.4 Å². The summed E-state index contributed by atoms with van der Waals surface area (Å²) in [6, 6.07) is 16.4. The lowest BCUT2D eigenvalue weighted by molar-refractivity contribution is 0.879. The maximum atomic E-state index is 5.78. The van der Waals surface area contributed by atoms with E-state index in [0.29, 0.717) is 0 Å². The molecule has 0 spiro atoms. The highest BCUT2D eigenvalue weighted by molar-refractivity contribution is 5.83. The number of nitrogens with one attached hydrogen (secondary N) is 1. The van der Waals surface area contributed by atoms with Crippen molar-refractivity contribution in [1.82, 2.24) is 5.32 Å². The van der Waals surface area contributed by atoms with Crippen LogP contribution in [0.1, 0.15) is 16.7 Å². The fourth-order valence-corrected chi connectivity index (χ4v) is 2.12. The second-order valence-corrected chi connectivity index (χ2v) is 4.24. The minimum absolute atomic E-state index is 0.821. The largest absolute Gasteiger partial charge is 0.399 e. The van der Waals surface area contributed by atoms with Gasteiger partial charge in [-0.2, -0.15) is 0 Å². The fourth-order valence-electron chi connectivity index (χ4n) is 2.12. The van der Waals surface area contributed by atoms with Crippen molar-refractivity contribution in [2.75, 3.05) is 5.73 Å². The van der Waals surface area contributed by atoms with Gasteiger partial charge in [-0.25, -0.2) is 0 Å². The molecule has 0 aliphatic carbocycles. The first-order chi connectivity index (χ1) is 8.33. The van der Waals surface area contributed by atoms with Crippen molar-refractivity contribution in [3.05, 3.63) is 65.2 Å². The average molecular weight is 222 g/mol. The number of hydrogen-bond acceptors (Lipinski definition) is 2. The van der Waals surface area contributed by atoms with Crippen molar-refractivity contribution in [3.63, 3.8) is 0 Å². The van der Waals surface area contributed by atoms with Crippen molar-refractivity contribution in [3.8, 4) is 0 Å². The van der Waals surface area contributed by atoms with Crippen molar-refractivity contribution in [2.45, 2.75) is 6.54 Å². The first-order valence-electron chi connectivity index (χ1n) is 5.72. The van der Waals surface area contributed by atoms with Crippen LogP contribution in [-0.2, 0) is 6.54 Å². The van der Waals surface area contributed by atoms with E-state index in [1.54, 1.807) is 0 Å². The molecule has 0 aromatic heterocycles. The van der Waals surface area contributed by atoms with Crippen LogP contribution in [0.25, 0.3) is 11.8 Å². The predicted octanol–water partition coefficient (Wildman–Crippen LogP) is 2.87. The SMILES string of the molecule is Nc1ccc2c(c1)CNC(c1ccccc1)=C2. The van der Waals surface area contributed by atoms with Crippen LogP contribution in [0.2, 0.25) is 0 Å². The van der Waals surface area contributed by atoms with Gasteiger partial charge in [0.25, 0.3) is 0 Å². The van der Waals surface area contributed by atoms with E-state index in [9.17, 15) is 0 Å². The van der Waals surface area contributed by atoms with E-state index in [2.05, 4.69) is 41.7 Å². The van der Waals surface area contributed by atoms with Crippen molar-refractivity contribution in [1.29, 1.82) is 0 Å². The topological polar surface area (TPSA) is 38.0 Å².